The molecule has 0 atom stereocenters. The summed E-state index contributed by atoms with van der Waals surface area (Å²) in [6, 6.07) is 6.00. The monoisotopic (exact) mass is 379 g/mol. The van der Waals surface area contributed by atoms with Gasteiger partial charge in [0.05, 0.1) is 17.2 Å². The zero-order chi connectivity index (χ0) is 17.5. The van der Waals surface area contributed by atoms with Gasteiger partial charge in [0.25, 0.3) is 0 Å². The average molecular weight is 380 g/mol. The zero-order valence-corrected chi connectivity index (χ0v) is 15.6. The van der Waals surface area contributed by atoms with E-state index in [1.54, 1.807) is 0 Å². The van der Waals surface area contributed by atoms with E-state index in [-0.39, 0.29) is 22.6 Å². The zero-order valence-electron chi connectivity index (χ0n) is 13.2. The molecule has 0 aliphatic heterocycles. The third kappa shape index (κ3) is 8.06. The van der Waals surface area contributed by atoms with Crippen molar-refractivity contribution >= 4 is 39.4 Å². The lowest BCUT2D eigenvalue weighted by Gasteiger charge is -2.21. The van der Waals surface area contributed by atoms with E-state index in [0.29, 0.717) is 5.02 Å². The largest absolute Gasteiger partial charge is 0.481 e. The van der Waals surface area contributed by atoms with Crippen LogP contribution < -0.4 is 4.72 Å². The van der Waals surface area contributed by atoms with Gasteiger partial charge in [0.15, 0.2) is 0 Å². The van der Waals surface area contributed by atoms with Gasteiger partial charge in [0.2, 0.25) is 10.0 Å². The van der Waals surface area contributed by atoms with Crippen LogP contribution in [0.3, 0.4) is 0 Å². The van der Waals surface area contributed by atoms with Gasteiger partial charge in [-0.05, 0) is 48.3 Å². The van der Waals surface area contributed by atoms with Crippen LogP contribution in [0, 0.1) is 5.41 Å². The Morgan fingerprint density at radius 1 is 1.30 bits per heavy atom. The van der Waals surface area contributed by atoms with Gasteiger partial charge >= 0.3 is 5.97 Å². The summed E-state index contributed by atoms with van der Waals surface area (Å²) in [5.74, 6) is 0.259. The molecule has 0 fully saturated rings. The van der Waals surface area contributed by atoms with Crippen LogP contribution in [0.15, 0.2) is 29.2 Å². The van der Waals surface area contributed by atoms with E-state index in [9.17, 15) is 13.2 Å². The lowest BCUT2D eigenvalue weighted by Crippen LogP contribution is -2.23. The van der Waals surface area contributed by atoms with Crippen molar-refractivity contribution in [2.24, 2.45) is 5.41 Å². The summed E-state index contributed by atoms with van der Waals surface area (Å²) < 4.78 is 26.6. The second-order valence-corrected chi connectivity index (χ2v) is 9.30. The second kappa shape index (κ2) is 8.92. The summed E-state index contributed by atoms with van der Waals surface area (Å²) in [5.41, 5.74) is -0.241. The highest BCUT2D eigenvalue weighted by atomic mass is 35.5. The van der Waals surface area contributed by atoms with E-state index >= 15 is 0 Å². The Hall–Kier alpha value is -0.760. The second-order valence-electron chi connectivity index (χ2n) is 5.99. The van der Waals surface area contributed by atoms with Crippen molar-refractivity contribution in [1.29, 1.82) is 0 Å². The van der Waals surface area contributed by atoms with Crippen LogP contribution in [-0.2, 0) is 14.8 Å². The van der Waals surface area contributed by atoms with Gasteiger partial charge in [-0.3, -0.25) is 4.79 Å². The Kier molecular flexibility index (Phi) is 7.86. The number of aliphatic carboxylic acids is 1. The van der Waals surface area contributed by atoms with E-state index in [2.05, 4.69) is 4.72 Å². The predicted molar refractivity (Wildman–Crippen MR) is 94.4 cm³/mol. The van der Waals surface area contributed by atoms with Crippen LogP contribution in [0.4, 0.5) is 0 Å². The van der Waals surface area contributed by atoms with Gasteiger partial charge in [-0.2, -0.15) is 0 Å². The molecule has 0 unspecified atom stereocenters. The van der Waals surface area contributed by atoms with Crippen molar-refractivity contribution in [2.45, 2.75) is 38.0 Å². The van der Waals surface area contributed by atoms with Crippen LogP contribution in [0.25, 0.3) is 0 Å². The maximum absolute atomic E-state index is 12.0. The molecule has 0 saturated carbocycles. The molecule has 1 aromatic carbocycles. The third-order valence-corrected chi connectivity index (χ3v) is 6.02. The molecule has 0 saturated heterocycles. The van der Waals surface area contributed by atoms with Crippen LogP contribution in [0.2, 0.25) is 5.02 Å². The highest BCUT2D eigenvalue weighted by Crippen LogP contribution is 2.27. The fraction of sp³-hybridized carbons (Fsp3) is 0.533. The molecule has 5 nitrogen and oxygen atoms in total. The molecule has 1 rings (SSSR count). The average Bonchev–Trinajstić information content (AvgIpc) is 2.41. The first-order valence-corrected chi connectivity index (χ1v) is 10.2. The number of thioether (sulfide) groups is 1. The van der Waals surface area contributed by atoms with Crippen LogP contribution in [0.1, 0.15) is 33.1 Å². The molecule has 2 N–H and O–H groups in total. The fourth-order valence-electron chi connectivity index (χ4n) is 2.04. The van der Waals surface area contributed by atoms with Crippen LogP contribution in [0.5, 0.6) is 0 Å². The summed E-state index contributed by atoms with van der Waals surface area (Å²) in [6.45, 7) is 3.85. The highest BCUT2D eigenvalue weighted by Gasteiger charge is 2.21. The van der Waals surface area contributed by atoms with E-state index in [0.717, 1.165) is 18.6 Å². The summed E-state index contributed by atoms with van der Waals surface area (Å²) in [6.07, 6.45) is 1.77. The lowest BCUT2D eigenvalue weighted by atomic mass is 9.85. The van der Waals surface area contributed by atoms with Gasteiger partial charge in [0, 0.05) is 5.02 Å². The summed E-state index contributed by atoms with van der Waals surface area (Å²) >= 11 is 7.21. The van der Waals surface area contributed by atoms with Gasteiger partial charge in [-0.15, -0.1) is 11.8 Å². The normalized spacial score (nSPS) is 12.3. The topological polar surface area (TPSA) is 83.5 Å². The Labute approximate surface area is 146 Å². The molecule has 8 heteroatoms. The Morgan fingerprint density at radius 3 is 2.48 bits per heavy atom. The van der Waals surface area contributed by atoms with Crippen molar-refractivity contribution in [1.82, 2.24) is 4.72 Å². The van der Waals surface area contributed by atoms with Crippen molar-refractivity contribution in [2.75, 3.05) is 11.6 Å². The first kappa shape index (κ1) is 20.3. The fourth-order valence-corrected chi connectivity index (χ4v) is 4.27. The number of carboxylic acids is 1. The number of halogens is 1. The SMILES string of the molecule is CC(C)(CCCSCNS(=O)(=O)c1ccc(Cl)cc1)CC(=O)O. The molecule has 1 aromatic rings. The summed E-state index contributed by atoms with van der Waals surface area (Å²) in [7, 11) is -3.52. The summed E-state index contributed by atoms with van der Waals surface area (Å²) in [4.78, 5) is 10.9. The van der Waals surface area contributed by atoms with E-state index < -0.39 is 16.0 Å². The Morgan fingerprint density at radius 2 is 1.91 bits per heavy atom. The first-order chi connectivity index (χ1) is 10.6. The van der Waals surface area contributed by atoms with Crippen LogP contribution in [-0.4, -0.2) is 31.1 Å². The van der Waals surface area contributed by atoms with E-state index in [1.807, 2.05) is 13.8 Å². The minimum atomic E-state index is -3.52. The number of sulfonamides is 1. The Balaban J connectivity index is 2.29. The molecular weight excluding hydrogens is 358 g/mol. The molecule has 0 heterocycles. The number of carbonyl (C=O) groups is 1. The minimum absolute atomic E-state index is 0.140. The molecule has 0 bridgehead atoms. The number of carboxylic acid groups (broad SMARTS) is 1. The smallest absolute Gasteiger partial charge is 0.303 e. The molecule has 0 spiro atoms. The van der Waals surface area contributed by atoms with Crippen LogP contribution >= 0.6 is 23.4 Å². The molecule has 0 aliphatic rings. The molecule has 0 aromatic heterocycles. The standard InChI is InChI=1S/C15H22ClNO4S2/c1-15(2,10-14(18)19)8-3-9-22-11-17-23(20,21)13-6-4-12(16)5-7-13/h4-7,17H,3,8-11H2,1-2H3,(H,18,19). The molecular formula is C15H22ClNO4S2. The maximum atomic E-state index is 12.0. The minimum Gasteiger partial charge on any atom is -0.481 e. The van der Waals surface area contributed by atoms with Gasteiger partial charge in [-0.25, -0.2) is 13.1 Å². The highest BCUT2D eigenvalue weighted by molar-refractivity contribution is 8.00. The van der Waals surface area contributed by atoms with Crippen molar-refractivity contribution < 1.29 is 18.3 Å². The van der Waals surface area contributed by atoms with E-state index in [4.69, 9.17) is 16.7 Å². The van der Waals surface area contributed by atoms with Crippen molar-refractivity contribution in [3.05, 3.63) is 29.3 Å². The lowest BCUT2D eigenvalue weighted by molar-refractivity contribution is -0.139. The molecule has 0 radical (unpaired) electrons. The van der Waals surface area contributed by atoms with E-state index in [1.165, 1.54) is 36.0 Å². The molecule has 0 amide bonds. The van der Waals surface area contributed by atoms with Gasteiger partial charge < -0.3 is 5.11 Å². The predicted octanol–water partition coefficient (Wildman–Crippen LogP) is 3.59. The number of nitrogens with one attached hydrogen (secondary N) is 1. The quantitative estimate of drug-likeness (QED) is 0.479. The number of benzene rings is 1. The van der Waals surface area contributed by atoms with Gasteiger partial charge in [0.1, 0.15) is 0 Å². The number of rotatable bonds is 10. The van der Waals surface area contributed by atoms with Crippen molar-refractivity contribution in [3.8, 4) is 0 Å². The van der Waals surface area contributed by atoms with Crippen molar-refractivity contribution in [3.63, 3.8) is 0 Å². The molecule has 130 valence electrons. The number of hydrogen-bond acceptors (Lipinski definition) is 4. The molecule has 0 aliphatic carbocycles. The first-order valence-electron chi connectivity index (χ1n) is 7.17. The Bertz CT molecular complexity index is 615. The third-order valence-electron chi connectivity index (χ3n) is 3.25. The maximum Gasteiger partial charge on any atom is 0.303 e. The number of hydrogen-bond donors (Lipinski definition) is 2. The molecule has 23 heavy (non-hydrogen) atoms. The summed E-state index contributed by atoms with van der Waals surface area (Å²) in [5, 5.41) is 9.30. The van der Waals surface area contributed by atoms with Gasteiger partial charge in [-0.1, -0.05) is 25.4 Å².